The zero-order chi connectivity index (χ0) is 21.8. The fourth-order valence-electron chi connectivity index (χ4n) is 3.72. The van der Waals surface area contributed by atoms with Crippen LogP contribution in [0.3, 0.4) is 0 Å². The van der Waals surface area contributed by atoms with Crippen LogP contribution in [0.2, 0.25) is 0 Å². The van der Waals surface area contributed by atoms with Crippen molar-refractivity contribution in [2.75, 3.05) is 18.0 Å². The summed E-state index contributed by atoms with van der Waals surface area (Å²) in [6, 6.07) is 8.91. The smallest absolute Gasteiger partial charge is 0.184 e. The van der Waals surface area contributed by atoms with Crippen LogP contribution < -0.4 is 16.1 Å². The number of piperazine rings is 1. The summed E-state index contributed by atoms with van der Waals surface area (Å²) in [5.41, 5.74) is 8.78. The minimum Gasteiger partial charge on any atom is -0.375 e. The van der Waals surface area contributed by atoms with Crippen molar-refractivity contribution in [2.45, 2.75) is 32.5 Å². The van der Waals surface area contributed by atoms with Gasteiger partial charge in [-0.3, -0.25) is 10.3 Å². The van der Waals surface area contributed by atoms with Crippen molar-refractivity contribution < 1.29 is 13.2 Å². The molecule has 2 atom stereocenters. The molecule has 0 spiro atoms. The van der Waals surface area contributed by atoms with Gasteiger partial charge in [-0.15, -0.1) is 0 Å². The van der Waals surface area contributed by atoms with Crippen LogP contribution in [-0.4, -0.2) is 41.4 Å². The fraction of sp³-hybridized carbons (Fsp3) is 0.333. The third kappa shape index (κ3) is 5.28. The second-order valence-electron chi connectivity index (χ2n) is 7.46. The van der Waals surface area contributed by atoms with Gasteiger partial charge in [-0.05, 0) is 49.8 Å². The van der Waals surface area contributed by atoms with Crippen LogP contribution in [0.4, 0.5) is 18.9 Å². The van der Waals surface area contributed by atoms with E-state index in [-0.39, 0.29) is 34.3 Å². The molecule has 0 aliphatic carbocycles. The number of thiocarbonyl (C=S) groups is 1. The monoisotopic (exact) mass is 435 g/mol. The third-order valence-electron chi connectivity index (χ3n) is 5.17. The lowest BCUT2D eigenvalue weighted by molar-refractivity contribution is 0.123. The van der Waals surface area contributed by atoms with Gasteiger partial charge in [-0.2, -0.15) is 5.10 Å². The van der Waals surface area contributed by atoms with E-state index in [0.717, 1.165) is 17.8 Å². The average molecular weight is 436 g/mol. The van der Waals surface area contributed by atoms with Gasteiger partial charge >= 0.3 is 0 Å². The summed E-state index contributed by atoms with van der Waals surface area (Å²) in [4.78, 5) is 4.13. The SMILES string of the molecule is C[C@@H]1CN(c2cc(F)c(C=NNC(N)=S)cc2F)C[C@H](C)N1Cc1ccc(F)cc1. The van der Waals surface area contributed by atoms with Gasteiger partial charge in [-0.25, -0.2) is 13.2 Å². The first-order valence-electron chi connectivity index (χ1n) is 9.57. The van der Waals surface area contributed by atoms with Crippen LogP contribution in [0.25, 0.3) is 0 Å². The van der Waals surface area contributed by atoms with Crippen LogP contribution in [0.15, 0.2) is 41.5 Å². The van der Waals surface area contributed by atoms with Crippen LogP contribution >= 0.6 is 12.2 Å². The molecule has 1 fully saturated rings. The normalized spacial score (nSPS) is 20.0. The molecule has 3 N–H and O–H groups in total. The molecule has 0 saturated carbocycles. The van der Waals surface area contributed by atoms with E-state index in [1.165, 1.54) is 18.2 Å². The van der Waals surface area contributed by atoms with Crippen molar-refractivity contribution in [3.8, 4) is 0 Å². The number of benzene rings is 2. The fourth-order valence-corrected chi connectivity index (χ4v) is 3.78. The summed E-state index contributed by atoms with van der Waals surface area (Å²) >= 11 is 4.61. The average Bonchev–Trinajstić information content (AvgIpc) is 2.68. The molecule has 1 heterocycles. The summed E-state index contributed by atoms with van der Waals surface area (Å²) in [6.45, 7) is 5.83. The van der Waals surface area contributed by atoms with E-state index in [2.05, 4.69) is 27.6 Å². The topological polar surface area (TPSA) is 56.9 Å². The minimum absolute atomic E-state index is 0.00366. The Morgan fingerprint density at radius 3 is 2.37 bits per heavy atom. The van der Waals surface area contributed by atoms with Crippen molar-refractivity contribution in [3.63, 3.8) is 0 Å². The highest BCUT2D eigenvalue weighted by Crippen LogP contribution is 2.28. The second-order valence-corrected chi connectivity index (χ2v) is 7.90. The lowest BCUT2D eigenvalue weighted by atomic mass is 10.0. The van der Waals surface area contributed by atoms with Crippen molar-refractivity contribution in [3.05, 3.63) is 65.0 Å². The molecule has 0 radical (unpaired) electrons. The molecule has 0 amide bonds. The summed E-state index contributed by atoms with van der Waals surface area (Å²) in [5, 5.41) is 3.61. The molecule has 3 rings (SSSR count). The van der Waals surface area contributed by atoms with Crippen LogP contribution in [-0.2, 0) is 6.54 Å². The number of anilines is 1. The van der Waals surface area contributed by atoms with E-state index in [1.54, 1.807) is 12.1 Å². The number of hydrogen-bond donors (Lipinski definition) is 2. The minimum atomic E-state index is -0.589. The number of nitrogens with zero attached hydrogens (tertiary/aromatic N) is 3. The quantitative estimate of drug-likeness (QED) is 0.429. The number of hydrogen-bond acceptors (Lipinski definition) is 4. The van der Waals surface area contributed by atoms with E-state index in [9.17, 15) is 13.2 Å². The van der Waals surface area contributed by atoms with Crippen molar-refractivity contribution in [1.82, 2.24) is 10.3 Å². The molecule has 2 aromatic carbocycles. The van der Waals surface area contributed by atoms with Gasteiger partial charge in [0.25, 0.3) is 0 Å². The van der Waals surface area contributed by atoms with Gasteiger partial charge in [-0.1, -0.05) is 12.1 Å². The highest BCUT2D eigenvalue weighted by atomic mass is 32.1. The zero-order valence-electron chi connectivity index (χ0n) is 16.8. The molecule has 0 bridgehead atoms. The third-order valence-corrected chi connectivity index (χ3v) is 5.26. The number of halogens is 3. The Kier molecular flexibility index (Phi) is 6.94. The summed E-state index contributed by atoms with van der Waals surface area (Å²) in [7, 11) is 0. The second kappa shape index (κ2) is 9.44. The van der Waals surface area contributed by atoms with Crippen LogP contribution in [0.1, 0.15) is 25.0 Å². The number of nitrogens with one attached hydrogen (secondary N) is 1. The predicted molar refractivity (Wildman–Crippen MR) is 117 cm³/mol. The molecular weight excluding hydrogens is 411 g/mol. The molecule has 1 aliphatic heterocycles. The molecular formula is C21H24F3N5S. The Hall–Kier alpha value is -2.65. The van der Waals surface area contributed by atoms with E-state index >= 15 is 0 Å². The van der Waals surface area contributed by atoms with Gasteiger partial charge in [0, 0.05) is 43.3 Å². The summed E-state index contributed by atoms with van der Waals surface area (Å²) in [6.07, 6.45) is 1.13. The molecule has 0 unspecified atom stereocenters. The zero-order valence-corrected chi connectivity index (χ0v) is 17.6. The lowest BCUT2D eigenvalue weighted by Gasteiger charge is -2.45. The van der Waals surface area contributed by atoms with E-state index in [1.807, 2.05) is 18.7 Å². The summed E-state index contributed by atoms with van der Waals surface area (Å²) < 4.78 is 42.4. The number of hydrazone groups is 1. The first kappa shape index (κ1) is 22.0. The maximum atomic E-state index is 14.7. The van der Waals surface area contributed by atoms with Crippen molar-refractivity contribution >= 4 is 29.2 Å². The highest BCUT2D eigenvalue weighted by molar-refractivity contribution is 7.80. The van der Waals surface area contributed by atoms with Crippen LogP contribution in [0.5, 0.6) is 0 Å². The Labute approximate surface area is 179 Å². The molecule has 1 saturated heterocycles. The van der Waals surface area contributed by atoms with E-state index in [4.69, 9.17) is 5.73 Å². The van der Waals surface area contributed by atoms with Gasteiger partial charge in [0.2, 0.25) is 0 Å². The Morgan fingerprint density at radius 2 is 1.77 bits per heavy atom. The number of rotatable bonds is 5. The molecule has 9 heteroatoms. The Balaban J connectivity index is 1.73. The van der Waals surface area contributed by atoms with E-state index < -0.39 is 11.6 Å². The van der Waals surface area contributed by atoms with Crippen LogP contribution in [0, 0.1) is 17.5 Å². The van der Waals surface area contributed by atoms with Gasteiger partial charge in [0.05, 0.1) is 11.9 Å². The summed E-state index contributed by atoms with van der Waals surface area (Å²) in [5.74, 6) is -1.38. The first-order chi connectivity index (χ1) is 14.2. The van der Waals surface area contributed by atoms with Crippen molar-refractivity contribution in [2.24, 2.45) is 10.8 Å². The molecule has 30 heavy (non-hydrogen) atoms. The predicted octanol–water partition coefficient (Wildman–Crippen LogP) is 3.37. The Bertz CT molecular complexity index is 923. The Morgan fingerprint density at radius 1 is 1.13 bits per heavy atom. The largest absolute Gasteiger partial charge is 0.375 e. The highest BCUT2D eigenvalue weighted by Gasteiger charge is 2.31. The molecule has 2 aromatic rings. The maximum absolute atomic E-state index is 14.7. The molecule has 0 aromatic heterocycles. The van der Waals surface area contributed by atoms with Gasteiger partial charge in [0.1, 0.15) is 17.5 Å². The number of nitrogens with two attached hydrogens (primary N) is 1. The van der Waals surface area contributed by atoms with Gasteiger partial charge < -0.3 is 10.6 Å². The van der Waals surface area contributed by atoms with Gasteiger partial charge in [0.15, 0.2) is 5.11 Å². The maximum Gasteiger partial charge on any atom is 0.184 e. The van der Waals surface area contributed by atoms with Crippen molar-refractivity contribution in [1.29, 1.82) is 0 Å². The first-order valence-corrected chi connectivity index (χ1v) is 9.98. The molecule has 160 valence electrons. The molecule has 5 nitrogen and oxygen atoms in total. The standard InChI is InChI=1S/C21H24F3N5S/c1-13-10-28(11-14(2)29(13)12-15-3-5-17(22)6-4-15)20-8-18(23)16(7-19(20)24)9-26-27-21(25)30/h3-9,13-14H,10-12H2,1-2H3,(H3,25,27,30)/t13-,14+. The lowest BCUT2D eigenvalue weighted by Crippen LogP contribution is -2.56. The molecule has 1 aliphatic rings. The van der Waals surface area contributed by atoms with E-state index in [0.29, 0.717) is 19.6 Å².